The highest BCUT2D eigenvalue weighted by atomic mass is 35.5. The molecule has 2 aromatic rings. The normalized spacial score (nSPS) is 18.5. The van der Waals surface area contributed by atoms with E-state index in [1.807, 2.05) is 13.0 Å². The Morgan fingerprint density at radius 3 is 2.74 bits per heavy atom. The Labute approximate surface area is 138 Å². The van der Waals surface area contributed by atoms with Crippen LogP contribution in [0.2, 0.25) is 5.15 Å². The average molecular weight is 332 g/mol. The number of nitrogens with zero attached hydrogens (tertiary/aromatic N) is 3. The molecule has 4 rings (SSSR count). The van der Waals surface area contributed by atoms with E-state index in [0.29, 0.717) is 42.0 Å². The zero-order valence-electron chi connectivity index (χ0n) is 12.5. The van der Waals surface area contributed by atoms with Crippen molar-refractivity contribution in [3.05, 3.63) is 46.9 Å². The zero-order valence-corrected chi connectivity index (χ0v) is 13.2. The van der Waals surface area contributed by atoms with Crippen LogP contribution < -0.4 is 9.64 Å². The minimum absolute atomic E-state index is 0.0980. The van der Waals surface area contributed by atoms with Crippen molar-refractivity contribution < 1.29 is 14.3 Å². The minimum atomic E-state index is -0.312. The molecule has 0 unspecified atom stereocenters. The maximum Gasteiger partial charge on any atom is 0.259 e. The molecule has 2 aliphatic rings. The lowest BCUT2D eigenvalue weighted by atomic mass is 10.1. The maximum atomic E-state index is 12.5. The molecule has 4 heterocycles. The number of fused-ring (bicyclic) bond motifs is 1. The van der Waals surface area contributed by atoms with Crippen LogP contribution >= 0.6 is 11.6 Å². The van der Waals surface area contributed by atoms with Gasteiger partial charge in [0.1, 0.15) is 5.15 Å². The minimum Gasteiger partial charge on any atom is -0.466 e. The van der Waals surface area contributed by atoms with E-state index < -0.39 is 0 Å². The summed E-state index contributed by atoms with van der Waals surface area (Å²) in [5.74, 6) is 0.419. The van der Waals surface area contributed by atoms with E-state index in [-0.39, 0.29) is 11.5 Å². The van der Waals surface area contributed by atoms with Gasteiger partial charge in [0, 0.05) is 23.4 Å². The molecule has 0 aromatic carbocycles. The van der Waals surface area contributed by atoms with Gasteiger partial charge in [0.15, 0.2) is 5.60 Å². The molecule has 1 fully saturated rings. The molecule has 0 N–H and O–H groups in total. The Morgan fingerprint density at radius 2 is 2.13 bits per heavy atom. The van der Waals surface area contributed by atoms with Gasteiger partial charge in [0.05, 0.1) is 31.6 Å². The molecule has 118 valence electrons. The van der Waals surface area contributed by atoms with Crippen LogP contribution in [0.5, 0.6) is 5.88 Å². The summed E-state index contributed by atoms with van der Waals surface area (Å²) in [6.45, 7) is 3.49. The summed E-state index contributed by atoms with van der Waals surface area (Å²) >= 11 is 6.07. The summed E-state index contributed by atoms with van der Waals surface area (Å²) in [6, 6.07) is 5.26. The number of carbonyl (C=O) groups excluding carboxylic acids is 1. The Bertz CT molecular complexity index is 775. The first kappa shape index (κ1) is 14.4. The summed E-state index contributed by atoms with van der Waals surface area (Å²) < 4.78 is 10.9. The number of aromatic nitrogens is 2. The van der Waals surface area contributed by atoms with Crippen LogP contribution in [-0.2, 0) is 11.3 Å². The van der Waals surface area contributed by atoms with E-state index in [1.165, 1.54) is 0 Å². The first-order valence-electron chi connectivity index (χ1n) is 7.24. The third kappa shape index (κ3) is 2.44. The van der Waals surface area contributed by atoms with Crippen molar-refractivity contribution in [1.82, 2.24) is 9.97 Å². The molecule has 0 bridgehead atoms. The smallest absolute Gasteiger partial charge is 0.259 e. The van der Waals surface area contributed by atoms with Gasteiger partial charge < -0.3 is 14.4 Å². The van der Waals surface area contributed by atoms with Crippen molar-refractivity contribution in [2.75, 3.05) is 18.1 Å². The molecule has 0 saturated carbocycles. The molecule has 7 heteroatoms. The van der Waals surface area contributed by atoms with Gasteiger partial charge in [0.25, 0.3) is 5.91 Å². The molecule has 0 radical (unpaired) electrons. The molecule has 0 aliphatic carbocycles. The van der Waals surface area contributed by atoms with Crippen molar-refractivity contribution >= 4 is 23.2 Å². The van der Waals surface area contributed by atoms with E-state index in [2.05, 4.69) is 9.97 Å². The maximum absolute atomic E-state index is 12.5. The summed E-state index contributed by atoms with van der Waals surface area (Å²) in [4.78, 5) is 22.4. The second-order valence-electron chi connectivity index (χ2n) is 5.92. The van der Waals surface area contributed by atoms with Crippen molar-refractivity contribution in [1.29, 1.82) is 0 Å². The molecular formula is C16H14ClN3O3. The number of rotatable bonds is 3. The van der Waals surface area contributed by atoms with Crippen molar-refractivity contribution in [2.24, 2.45) is 0 Å². The number of hydrogen-bond donors (Lipinski definition) is 0. The third-order valence-electron chi connectivity index (χ3n) is 3.99. The topological polar surface area (TPSA) is 64.5 Å². The molecule has 1 amide bonds. The van der Waals surface area contributed by atoms with Crippen molar-refractivity contribution in [2.45, 2.75) is 19.1 Å². The van der Waals surface area contributed by atoms with Gasteiger partial charge >= 0.3 is 0 Å². The average Bonchev–Trinajstić information content (AvgIpc) is 2.85. The number of hydrogen-bond acceptors (Lipinski definition) is 5. The van der Waals surface area contributed by atoms with E-state index >= 15 is 0 Å². The first-order chi connectivity index (χ1) is 11.1. The van der Waals surface area contributed by atoms with Crippen molar-refractivity contribution in [3.8, 4) is 5.88 Å². The van der Waals surface area contributed by atoms with Crippen LogP contribution in [0.25, 0.3) is 0 Å². The molecule has 6 nitrogen and oxygen atoms in total. The van der Waals surface area contributed by atoms with E-state index in [9.17, 15) is 4.79 Å². The van der Waals surface area contributed by atoms with E-state index in [1.54, 1.807) is 29.4 Å². The van der Waals surface area contributed by atoms with Crippen LogP contribution in [0.15, 0.2) is 30.6 Å². The van der Waals surface area contributed by atoms with Crippen LogP contribution in [0.3, 0.4) is 0 Å². The highest BCUT2D eigenvalue weighted by Crippen LogP contribution is 2.32. The Kier molecular flexibility index (Phi) is 3.25. The lowest BCUT2D eigenvalue weighted by Crippen LogP contribution is -2.51. The molecule has 2 aliphatic heterocycles. The Hall–Kier alpha value is -2.18. The molecule has 23 heavy (non-hydrogen) atoms. The first-order valence-corrected chi connectivity index (χ1v) is 7.62. The summed E-state index contributed by atoms with van der Waals surface area (Å²) in [5.41, 5.74) is 1.72. The van der Waals surface area contributed by atoms with Gasteiger partial charge in [0.2, 0.25) is 5.88 Å². The molecular weight excluding hydrogens is 318 g/mol. The van der Waals surface area contributed by atoms with Crippen molar-refractivity contribution in [3.63, 3.8) is 0 Å². The lowest BCUT2D eigenvalue weighted by Gasteiger charge is -2.37. The third-order valence-corrected chi connectivity index (χ3v) is 4.32. The zero-order chi connectivity index (χ0) is 16.0. The van der Waals surface area contributed by atoms with Gasteiger partial charge in [-0.25, -0.2) is 9.97 Å². The molecule has 0 atom stereocenters. The number of halogens is 1. The van der Waals surface area contributed by atoms with Crippen LogP contribution in [-0.4, -0.2) is 34.7 Å². The number of pyridine rings is 2. The van der Waals surface area contributed by atoms with E-state index in [4.69, 9.17) is 21.1 Å². The van der Waals surface area contributed by atoms with Gasteiger partial charge in [-0.2, -0.15) is 0 Å². The summed E-state index contributed by atoms with van der Waals surface area (Å²) in [7, 11) is 0. The Morgan fingerprint density at radius 1 is 1.30 bits per heavy atom. The number of carbonyl (C=O) groups is 1. The molecule has 2 aromatic heterocycles. The predicted octanol–water partition coefficient (Wildman–Crippen LogP) is 2.46. The largest absolute Gasteiger partial charge is 0.466 e. The van der Waals surface area contributed by atoms with Gasteiger partial charge in [-0.15, -0.1) is 0 Å². The van der Waals surface area contributed by atoms with Gasteiger partial charge in [-0.1, -0.05) is 11.6 Å². The quantitative estimate of drug-likeness (QED) is 0.808. The fourth-order valence-electron chi connectivity index (χ4n) is 2.69. The Balaban J connectivity index is 1.55. The molecule has 1 saturated heterocycles. The van der Waals surface area contributed by atoms with Gasteiger partial charge in [-0.3, -0.25) is 4.79 Å². The highest BCUT2D eigenvalue weighted by Gasteiger charge is 2.36. The van der Waals surface area contributed by atoms with Crippen LogP contribution in [0, 0.1) is 0 Å². The fourth-order valence-corrected chi connectivity index (χ4v) is 2.91. The number of ether oxygens (including phenoxy) is 2. The SMILES string of the molecule is CC1(Oc2ccc(N3Cc4c(ccnc4Cl)C3=O)cn2)COC1. The second-order valence-corrected chi connectivity index (χ2v) is 6.28. The van der Waals surface area contributed by atoms with Gasteiger partial charge in [-0.05, 0) is 19.1 Å². The van der Waals surface area contributed by atoms with E-state index in [0.717, 1.165) is 5.56 Å². The summed E-state index contributed by atoms with van der Waals surface area (Å²) in [6.07, 6.45) is 3.17. The highest BCUT2D eigenvalue weighted by molar-refractivity contribution is 6.31. The number of anilines is 1. The number of amides is 1. The second kappa shape index (κ2) is 5.18. The van der Waals surface area contributed by atoms with Crippen LogP contribution in [0.4, 0.5) is 5.69 Å². The predicted molar refractivity (Wildman–Crippen MR) is 83.8 cm³/mol. The van der Waals surface area contributed by atoms with Crippen LogP contribution in [0.1, 0.15) is 22.8 Å². The fraction of sp³-hybridized carbons (Fsp3) is 0.312. The monoisotopic (exact) mass is 331 g/mol. The standard InChI is InChI=1S/C16H14ClN3O3/c1-16(8-22-9-16)23-13-3-2-10(6-19-13)20-7-12-11(15(20)21)4-5-18-14(12)17/h2-6H,7-9H2,1H3. The molecule has 0 spiro atoms. The summed E-state index contributed by atoms with van der Waals surface area (Å²) in [5, 5.41) is 0.365. The lowest BCUT2D eigenvalue weighted by molar-refractivity contribution is -0.151.